The number of hydrogen-bond donors (Lipinski definition) is 2. The van der Waals surface area contributed by atoms with Gasteiger partial charge < -0.3 is 20.3 Å². The predicted molar refractivity (Wildman–Crippen MR) is 107 cm³/mol. The fourth-order valence-electron chi connectivity index (χ4n) is 2.43. The van der Waals surface area contributed by atoms with Gasteiger partial charge in [-0.3, -0.25) is 4.79 Å². The van der Waals surface area contributed by atoms with E-state index in [1.54, 1.807) is 19.2 Å². The van der Waals surface area contributed by atoms with E-state index in [0.717, 1.165) is 11.4 Å². The monoisotopic (exact) mass is 363 g/mol. The van der Waals surface area contributed by atoms with Crippen LogP contribution >= 0.6 is 0 Å². The summed E-state index contributed by atoms with van der Waals surface area (Å²) in [5, 5.41) is 5.93. The van der Waals surface area contributed by atoms with Crippen LogP contribution in [0.15, 0.2) is 60.9 Å². The van der Waals surface area contributed by atoms with Crippen molar-refractivity contribution in [3.8, 4) is 5.75 Å². The van der Waals surface area contributed by atoms with E-state index >= 15 is 0 Å². The van der Waals surface area contributed by atoms with E-state index in [4.69, 9.17) is 4.74 Å². The van der Waals surface area contributed by atoms with Gasteiger partial charge in [-0.15, -0.1) is 0 Å². The van der Waals surface area contributed by atoms with E-state index in [1.807, 2.05) is 55.4 Å². The summed E-state index contributed by atoms with van der Waals surface area (Å²) in [5.74, 6) is 0.786. The minimum atomic E-state index is -0.353. The number of nitrogens with zero attached hydrogens (tertiary/aromatic N) is 3. The van der Waals surface area contributed by atoms with Crippen LogP contribution in [0.2, 0.25) is 0 Å². The van der Waals surface area contributed by atoms with Gasteiger partial charge in [0.05, 0.1) is 25.2 Å². The summed E-state index contributed by atoms with van der Waals surface area (Å²) >= 11 is 0. The van der Waals surface area contributed by atoms with E-state index < -0.39 is 0 Å². The molecule has 1 aromatic heterocycles. The van der Waals surface area contributed by atoms with Gasteiger partial charge in [-0.05, 0) is 36.4 Å². The minimum absolute atomic E-state index is 0.217. The molecule has 0 fully saturated rings. The van der Waals surface area contributed by atoms with Crippen LogP contribution < -0.4 is 20.3 Å². The lowest BCUT2D eigenvalue weighted by Gasteiger charge is -2.13. The SMILES string of the molecule is COc1ccccc1NC(=O)c1cnc(Nc2ccc(N(C)C)cc2)cn1. The molecule has 0 spiro atoms. The first kappa shape index (κ1) is 18.2. The number of carbonyl (C=O) groups excluding carboxylic acids is 1. The molecule has 0 aliphatic heterocycles. The highest BCUT2D eigenvalue weighted by Crippen LogP contribution is 2.23. The summed E-state index contributed by atoms with van der Waals surface area (Å²) in [7, 11) is 5.53. The third kappa shape index (κ3) is 4.52. The third-order valence-corrected chi connectivity index (χ3v) is 3.90. The minimum Gasteiger partial charge on any atom is -0.495 e. The van der Waals surface area contributed by atoms with E-state index in [-0.39, 0.29) is 11.6 Å². The number of methoxy groups -OCH3 is 1. The zero-order valence-corrected chi connectivity index (χ0v) is 15.4. The topological polar surface area (TPSA) is 79.4 Å². The van der Waals surface area contributed by atoms with Crippen molar-refractivity contribution >= 4 is 28.8 Å². The molecular weight excluding hydrogens is 342 g/mol. The fraction of sp³-hybridized carbons (Fsp3) is 0.150. The molecule has 0 saturated heterocycles. The normalized spacial score (nSPS) is 10.2. The smallest absolute Gasteiger partial charge is 0.275 e. The van der Waals surface area contributed by atoms with Crippen LogP contribution in [0, 0.1) is 0 Å². The number of nitrogens with one attached hydrogen (secondary N) is 2. The lowest BCUT2D eigenvalue weighted by atomic mass is 10.2. The molecule has 2 N–H and O–H groups in total. The Morgan fingerprint density at radius 1 is 1.00 bits per heavy atom. The number of rotatable bonds is 6. The molecule has 1 heterocycles. The van der Waals surface area contributed by atoms with Crippen molar-refractivity contribution in [1.29, 1.82) is 0 Å². The first-order valence-corrected chi connectivity index (χ1v) is 8.37. The molecule has 0 bridgehead atoms. The molecule has 0 unspecified atom stereocenters. The van der Waals surface area contributed by atoms with Gasteiger partial charge in [0.15, 0.2) is 0 Å². The molecule has 27 heavy (non-hydrogen) atoms. The van der Waals surface area contributed by atoms with Gasteiger partial charge >= 0.3 is 0 Å². The second kappa shape index (κ2) is 8.18. The Balaban J connectivity index is 1.66. The number of aromatic nitrogens is 2. The van der Waals surface area contributed by atoms with Crippen molar-refractivity contribution in [2.24, 2.45) is 0 Å². The molecule has 1 amide bonds. The van der Waals surface area contributed by atoms with Crippen LogP contribution in [0.5, 0.6) is 5.75 Å². The summed E-state index contributed by atoms with van der Waals surface area (Å²) in [5.41, 5.74) is 2.79. The highest BCUT2D eigenvalue weighted by molar-refractivity contribution is 6.03. The van der Waals surface area contributed by atoms with Gasteiger partial charge in [0.1, 0.15) is 17.3 Å². The van der Waals surface area contributed by atoms with Gasteiger partial charge in [0.2, 0.25) is 0 Å². The summed E-state index contributed by atoms with van der Waals surface area (Å²) < 4.78 is 5.23. The van der Waals surface area contributed by atoms with Crippen LogP contribution in [-0.4, -0.2) is 37.1 Å². The molecule has 0 atom stereocenters. The highest BCUT2D eigenvalue weighted by Gasteiger charge is 2.11. The Morgan fingerprint density at radius 2 is 1.74 bits per heavy atom. The lowest BCUT2D eigenvalue weighted by molar-refractivity contribution is 0.102. The van der Waals surface area contributed by atoms with Crippen molar-refractivity contribution in [2.45, 2.75) is 0 Å². The van der Waals surface area contributed by atoms with Gasteiger partial charge in [-0.25, -0.2) is 9.97 Å². The summed E-state index contributed by atoms with van der Waals surface area (Å²) in [6.07, 6.45) is 2.96. The molecule has 138 valence electrons. The van der Waals surface area contributed by atoms with E-state index in [2.05, 4.69) is 20.6 Å². The van der Waals surface area contributed by atoms with Crippen molar-refractivity contribution in [2.75, 3.05) is 36.7 Å². The number of hydrogen-bond acceptors (Lipinski definition) is 6. The van der Waals surface area contributed by atoms with Crippen LogP contribution in [-0.2, 0) is 0 Å². The van der Waals surface area contributed by atoms with Crippen LogP contribution in [0.1, 0.15) is 10.5 Å². The summed E-state index contributed by atoms with van der Waals surface area (Å²) in [6.45, 7) is 0. The zero-order valence-electron chi connectivity index (χ0n) is 15.4. The third-order valence-electron chi connectivity index (χ3n) is 3.90. The average Bonchev–Trinajstić information content (AvgIpc) is 2.69. The Labute approximate surface area is 158 Å². The van der Waals surface area contributed by atoms with Gasteiger partial charge in [-0.1, -0.05) is 12.1 Å². The molecule has 7 heteroatoms. The Hall–Kier alpha value is -3.61. The standard InChI is InChI=1S/C20H21N5O2/c1-25(2)15-10-8-14(9-11-15)23-19-13-21-17(12-22-19)20(26)24-16-6-4-5-7-18(16)27-3/h4-13H,1-3H3,(H,22,23)(H,24,26). The number of para-hydroxylation sites is 2. The fourth-order valence-corrected chi connectivity index (χ4v) is 2.43. The van der Waals surface area contributed by atoms with Crippen LogP contribution in [0.4, 0.5) is 22.9 Å². The maximum Gasteiger partial charge on any atom is 0.275 e. The number of anilines is 4. The Bertz CT molecular complexity index is 908. The number of carbonyl (C=O) groups is 1. The maximum absolute atomic E-state index is 12.4. The predicted octanol–water partition coefficient (Wildman–Crippen LogP) is 3.55. The molecule has 3 aromatic rings. The van der Waals surface area contributed by atoms with E-state index in [0.29, 0.717) is 17.3 Å². The number of amides is 1. The summed E-state index contributed by atoms with van der Waals surface area (Å²) in [4.78, 5) is 22.8. The molecule has 2 aromatic carbocycles. The maximum atomic E-state index is 12.4. The lowest BCUT2D eigenvalue weighted by Crippen LogP contribution is -2.14. The van der Waals surface area contributed by atoms with Gasteiger partial charge in [0.25, 0.3) is 5.91 Å². The van der Waals surface area contributed by atoms with Crippen molar-refractivity contribution in [1.82, 2.24) is 9.97 Å². The molecule has 3 rings (SSSR count). The first-order valence-electron chi connectivity index (χ1n) is 8.37. The van der Waals surface area contributed by atoms with Crippen LogP contribution in [0.3, 0.4) is 0 Å². The second-order valence-corrected chi connectivity index (χ2v) is 6.01. The molecule has 0 radical (unpaired) electrons. The second-order valence-electron chi connectivity index (χ2n) is 6.01. The summed E-state index contributed by atoms with van der Waals surface area (Å²) in [6, 6.07) is 15.1. The first-order chi connectivity index (χ1) is 13.1. The molecular formula is C20H21N5O2. The van der Waals surface area contributed by atoms with Gasteiger partial charge in [0, 0.05) is 25.5 Å². The van der Waals surface area contributed by atoms with Crippen molar-refractivity contribution in [3.63, 3.8) is 0 Å². The van der Waals surface area contributed by atoms with E-state index in [1.165, 1.54) is 12.4 Å². The van der Waals surface area contributed by atoms with Gasteiger partial charge in [-0.2, -0.15) is 0 Å². The quantitative estimate of drug-likeness (QED) is 0.697. The highest BCUT2D eigenvalue weighted by atomic mass is 16.5. The van der Waals surface area contributed by atoms with E-state index in [9.17, 15) is 4.79 Å². The molecule has 0 saturated carbocycles. The molecule has 7 nitrogen and oxygen atoms in total. The zero-order chi connectivity index (χ0) is 19.2. The largest absolute Gasteiger partial charge is 0.495 e. The number of benzene rings is 2. The number of ether oxygens (including phenoxy) is 1. The average molecular weight is 363 g/mol. The molecule has 0 aliphatic carbocycles. The molecule has 0 aliphatic rings. The van der Waals surface area contributed by atoms with Crippen molar-refractivity contribution in [3.05, 3.63) is 66.6 Å². The van der Waals surface area contributed by atoms with Crippen LogP contribution in [0.25, 0.3) is 0 Å². The Morgan fingerprint density at radius 3 is 2.37 bits per heavy atom. The van der Waals surface area contributed by atoms with Crippen molar-refractivity contribution < 1.29 is 9.53 Å². The Kier molecular flexibility index (Phi) is 5.51.